The molecule has 0 atom stereocenters. The quantitative estimate of drug-likeness (QED) is 0.737. The van der Waals surface area contributed by atoms with Crippen molar-refractivity contribution in [1.82, 2.24) is 4.98 Å². The Morgan fingerprint density at radius 1 is 1.24 bits per heavy atom. The van der Waals surface area contributed by atoms with Crippen molar-refractivity contribution in [3.05, 3.63) is 28.9 Å². The Hall–Kier alpha value is -2.08. The van der Waals surface area contributed by atoms with E-state index in [4.69, 9.17) is 19.2 Å². The number of hydrogen-bond donors (Lipinski definition) is 0. The number of hydrogen-bond acceptors (Lipinski definition) is 6. The van der Waals surface area contributed by atoms with E-state index in [1.807, 2.05) is 25.1 Å². The van der Waals surface area contributed by atoms with Gasteiger partial charge in [-0.25, -0.2) is 9.78 Å². The van der Waals surface area contributed by atoms with Crippen molar-refractivity contribution in [1.29, 1.82) is 0 Å². The number of fused-ring (bicyclic) bond motifs is 1. The molecule has 2 heterocycles. The molecule has 0 spiro atoms. The summed E-state index contributed by atoms with van der Waals surface area (Å²) >= 11 is 1.61. The summed E-state index contributed by atoms with van der Waals surface area (Å²) in [7, 11) is 0. The maximum Gasteiger partial charge on any atom is 0.358 e. The molecule has 1 fully saturated rings. The summed E-state index contributed by atoms with van der Waals surface area (Å²) < 4.78 is 16.1. The van der Waals surface area contributed by atoms with Crippen molar-refractivity contribution < 1.29 is 19.0 Å². The Bertz CT molecular complexity index is 780. The highest BCUT2D eigenvalue weighted by atomic mass is 32.1. The van der Waals surface area contributed by atoms with Crippen molar-refractivity contribution in [3.63, 3.8) is 0 Å². The summed E-state index contributed by atoms with van der Waals surface area (Å²) in [4.78, 5) is 18.0. The van der Waals surface area contributed by atoms with Crippen LogP contribution in [0.4, 0.5) is 0 Å². The second kappa shape index (κ2) is 7.04. The van der Waals surface area contributed by atoms with Crippen LogP contribution in [0.25, 0.3) is 10.4 Å². The number of esters is 1. The third-order valence-electron chi connectivity index (χ3n) is 4.70. The van der Waals surface area contributed by atoms with Crippen LogP contribution in [-0.4, -0.2) is 24.4 Å². The number of carbonyl (C=O) groups is 1. The van der Waals surface area contributed by atoms with Gasteiger partial charge in [0.05, 0.1) is 16.5 Å². The maximum absolute atomic E-state index is 12.4. The molecular formula is C19H21NO4S. The molecule has 2 aliphatic rings. The van der Waals surface area contributed by atoms with Crippen LogP contribution in [0.1, 0.15) is 60.4 Å². The maximum atomic E-state index is 12.4. The van der Waals surface area contributed by atoms with E-state index < -0.39 is 0 Å². The number of benzene rings is 1. The molecule has 1 aromatic carbocycles. The number of nitrogens with zero attached hydrogens (tertiary/aromatic N) is 1. The van der Waals surface area contributed by atoms with Crippen molar-refractivity contribution in [3.8, 4) is 21.9 Å². The van der Waals surface area contributed by atoms with Crippen molar-refractivity contribution in [2.75, 3.05) is 13.4 Å². The number of ether oxygens (including phenoxy) is 3. The standard InChI is InChI=1S/C19H21NO4S/c1-2-22-19(21)16-17(13-8-9-14-15(10-13)24-11-23-14)25-18(20-16)12-6-4-3-5-7-12/h8-10,12H,2-7,11H2,1H3. The van der Waals surface area contributed by atoms with E-state index in [1.165, 1.54) is 19.3 Å². The Labute approximate surface area is 150 Å². The molecule has 25 heavy (non-hydrogen) atoms. The predicted molar refractivity (Wildman–Crippen MR) is 95.5 cm³/mol. The van der Waals surface area contributed by atoms with Crippen LogP contribution < -0.4 is 9.47 Å². The number of thiazole rings is 1. The number of aromatic nitrogens is 1. The highest BCUT2D eigenvalue weighted by Gasteiger charge is 2.26. The van der Waals surface area contributed by atoms with E-state index in [9.17, 15) is 4.79 Å². The molecule has 1 aliphatic carbocycles. The second-order valence-electron chi connectivity index (χ2n) is 6.35. The fourth-order valence-corrected chi connectivity index (χ4v) is 4.65. The molecule has 0 saturated heterocycles. The fourth-order valence-electron chi connectivity index (χ4n) is 3.43. The molecule has 0 radical (unpaired) electrons. The Morgan fingerprint density at radius 3 is 2.84 bits per heavy atom. The van der Waals surface area contributed by atoms with Gasteiger partial charge in [0.15, 0.2) is 17.2 Å². The Kier molecular flexibility index (Phi) is 4.61. The van der Waals surface area contributed by atoms with Gasteiger partial charge in [-0.2, -0.15) is 0 Å². The summed E-state index contributed by atoms with van der Waals surface area (Å²) in [6, 6.07) is 5.75. The minimum absolute atomic E-state index is 0.236. The zero-order valence-electron chi connectivity index (χ0n) is 14.2. The van der Waals surface area contributed by atoms with Crippen LogP contribution >= 0.6 is 11.3 Å². The van der Waals surface area contributed by atoms with E-state index in [0.717, 1.165) is 34.0 Å². The van der Waals surface area contributed by atoms with Crippen LogP contribution in [0, 0.1) is 0 Å². The van der Waals surface area contributed by atoms with Gasteiger partial charge >= 0.3 is 5.97 Å². The molecule has 6 heteroatoms. The molecule has 5 nitrogen and oxygen atoms in total. The zero-order valence-corrected chi connectivity index (χ0v) is 15.1. The zero-order chi connectivity index (χ0) is 17.2. The number of rotatable bonds is 4. The molecule has 0 unspecified atom stereocenters. The van der Waals surface area contributed by atoms with Gasteiger partial charge in [-0.15, -0.1) is 11.3 Å². The molecule has 2 aromatic rings. The first-order chi connectivity index (χ1) is 12.3. The normalized spacial score (nSPS) is 16.8. The topological polar surface area (TPSA) is 57.7 Å². The molecule has 1 saturated carbocycles. The molecule has 1 aromatic heterocycles. The van der Waals surface area contributed by atoms with Crippen LogP contribution in [0.5, 0.6) is 11.5 Å². The molecular weight excluding hydrogens is 338 g/mol. The third kappa shape index (κ3) is 3.23. The van der Waals surface area contributed by atoms with Gasteiger partial charge in [-0.3, -0.25) is 0 Å². The first-order valence-electron chi connectivity index (χ1n) is 8.84. The van der Waals surface area contributed by atoms with Gasteiger partial charge in [0.2, 0.25) is 6.79 Å². The fraction of sp³-hybridized carbons (Fsp3) is 0.474. The molecule has 0 amide bonds. The lowest BCUT2D eigenvalue weighted by Gasteiger charge is -2.18. The monoisotopic (exact) mass is 359 g/mol. The van der Waals surface area contributed by atoms with Crippen LogP contribution in [0.2, 0.25) is 0 Å². The van der Waals surface area contributed by atoms with Gasteiger partial charge in [0.1, 0.15) is 0 Å². The van der Waals surface area contributed by atoms with Gasteiger partial charge < -0.3 is 14.2 Å². The molecule has 0 N–H and O–H groups in total. The van der Waals surface area contributed by atoms with E-state index in [2.05, 4.69) is 0 Å². The lowest BCUT2D eigenvalue weighted by atomic mass is 9.90. The van der Waals surface area contributed by atoms with Crippen LogP contribution in [-0.2, 0) is 4.74 Å². The van der Waals surface area contributed by atoms with E-state index >= 15 is 0 Å². The van der Waals surface area contributed by atoms with Gasteiger partial charge in [0.25, 0.3) is 0 Å². The molecule has 0 bridgehead atoms. The average Bonchev–Trinajstić information content (AvgIpc) is 3.29. The summed E-state index contributed by atoms with van der Waals surface area (Å²) in [6.45, 7) is 2.39. The first-order valence-corrected chi connectivity index (χ1v) is 9.65. The highest BCUT2D eigenvalue weighted by molar-refractivity contribution is 7.15. The van der Waals surface area contributed by atoms with Crippen molar-refractivity contribution in [2.24, 2.45) is 0 Å². The lowest BCUT2D eigenvalue weighted by Crippen LogP contribution is -2.08. The molecule has 132 valence electrons. The third-order valence-corrected chi connectivity index (χ3v) is 5.97. The first kappa shape index (κ1) is 16.4. The van der Waals surface area contributed by atoms with Crippen LogP contribution in [0.15, 0.2) is 18.2 Å². The summed E-state index contributed by atoms with van der Waals surface area (Å²) in [5.41, 5.74) is 1.35. The number of carbonyl (C=O) groups excluding carboxylic acids is 1. The van der Waals surface area contributed by atoms with Gasteiger partial charge in [0, 0.05) is 5.92 Å². The summed E-state index contributed by atoms with van der Waals surface area (Å²) in [6.07, 6.45) is 6.06. The van der Waals surface area contributed by atoms with E-state index in [-0.39, 0.29) is 12.8 Å². The largest absolute Gasteiger partial charge is 0.461 e. The van der Waals surface area contributed by atoms with Crippen molar-refractivity contribution >= 4 is 17.3 Å². The lowest BCUT2D eigenvalue weighted by molar-refractivity contribution is 0.0521. The SMILES string of the molecule is CCOC(=O)c1nc(C2CCCCC2)sc1-c1ccc2c(c1)OCO2. The Morgan fingerprint density at radius 2 is 2.04 bits per heavy atom. The minimum atomic E-state index is -0.353. The van der Waals surface area contributed by atoms with E-state index in [0.29, 0.717) is 24.0 Å². The van der Waals surface area contributed by atoms with Gasteiger partial charge in [-0.1, -0.05) is 19.3 Å². The second-order valence-corrected chi connectivity index (χ2v) is 7.38. The smallest absolute Gasteiger partial charge is 0.358 e. The van der Waals surface area contributed by atoms with Gasteiger partial charge in [-0.05, 0) is 43.5 Å². The van der Waals surface area contributed by atoms with Crippen LogP contribution in [0.3, 0.4) is 0 Å². The minimum Gasteiger partial charge on any atom is -0.461 e. The predicted octanol–water partition coefficient (Wildman–Crippen LogP) is 4.76. The molecule has 1 aliphatic heterocycles. The molecule has 4 rings (SSSR count). The average molecular weight is 359 g/mol. The highest BCUT2D eigenvalue weighted by Crippen LogP contribution is 2.42. The van der Waals surface area contributed by atoms with Crippen molar-refractivity contribution in [2.45, 2.75) is 44.9 Å². The summed E-state index contributed by atoms with van der Waals surface area (Å²) in [5, 5.41) is 1.05. The Balaban J connectivity index is 1.73. The summed E-state index contributed by atoms with van der Waals surface area (Å²) in [5.74, 6) is 1.54. The van der Waals surface area contributed by atoms with E-state index in [1.54, 1.807) is 11.3 Å².